The van der Waals surface area contributed by atoms with Gasteiger partial charge in [0, 0.05) is 24.6 Å². The Morgan fingerprint density at radius 3 is 2.57 bits per heavy atom. The van der Waals surface area contributed by atoms with E-state index in [0.29, 0.717) is 18.1 Å². The van der Waals surface area contributed by atoms with E-state index < -0.39 is 12.8 Å². The predicted molar refractivity (Wildman–Crippen MR) is 72.0 cm³/mol. The molecule has 2 N–H and O–H groups in total. The summed E-state index contributed by atoms with van der Waals surface area (Å²) in [6, 6.07) is 1.36. The normalized spacial score (nSPS) is 12.7. The molecule has 1 heterocycles. The fourth-order valence-electron chi connectivity index (χ4n) is 1.48. The van der Waals surface area contributed by atoms with E-state index in [1.54, 1.807) is 0 Å². The molecule has 0 aliphatic rings. The van der Waals surface area contributed by atoms with Gasteiger partial charge < -0.3 is 15.0 Å². The summed E-state index contributed by atoms with van der Waals surface area (Å²) < 4.78 is 40.2. The van der Waals surface area contributed by atoms with E-state index >= 15 is 0 Å². The molecule has 0 aliphatic heterocycles. The van der Waals surface area contributed by atoms with Crippen molar-refractivity contribution in [3.05, 3.63) is 27.9 Å². The van der Waals surface area contributed by atoms with Crippen LogP contribution in [0.3, 0.4) is 0 Å². The maximum atomic E-state index is 11.9. The predicted octanol–water partition coefficient (Wildman–Crippen LogP) is 1.78. The van der Waals surface area contributed by atoms with Crippen molar-refractivity contribution in [2.75, 3.05) is 13.2 Å². The van der Waals surface area contributed by atoms with Gasteiger partial charge in [-0.15, -0.1) is 0 Å². The number of nitrogens with zero attached hydrogens (tertiary/aromatic N) is 1. The van der Waals surface area contributed by atoms with Crippen LogP contribution in [0.25, 0.3) is 0 Å². The first kappa shape index (κ1) is 17.6. The second-order valence-electron chi connectivity index (χ2n) is 5.70. The van der Waals surface area contributed by atoms with Crippen molar-refractivity contribution in [2.45, 2.75) is 45.5 Å². The molecule has 1 rings (SSSR count). The molecule has 0 atom stereocenters. The van der Waals surface area contributed by atoms with Gasteiger partial charge in [-0.05, 0) is 20.8 Å². The fourth-order valence-corrected chi connectivity index (χ4v) is 1.48. The second kappa shape index (κ2) is 7.04. The summed E-state index contributed by atoms with van der Waals surface area (Å²) in [6.45, 7) is 4.88. The standard InChI is InChI=1S/C13H20F3N3O2/c1-12(2,3)17-7-9-6-11(20)19-10(18-9)4-5-21-8-13(14,15)16/h6,17H,4-5,7-8H2,1-3H3,(H,18,19,20). The van der Waals surface area contributed by atoms with E-state index in [1.165, 1.54) is 6.07 Å². The van der Waals surface area contributed by atoms with E-state index in [2.05, 4.69) is 20.0 Å². The molecule has 0 saturated carbocycles. The quantitative estimate of drug-likeness (QED) is 0.786. The molecule has 0 unspecified atom stereocenters. The molecule has 0 amide bonds. The van der Waals surface area contributed by atoms with Gasteiger partial charge in [0.15, 0.2) is 0 Å². The summed E-state index contributed by atoms with van der Waals surface area (Å²) in [5, 5.41) is 3.18. The Kier molecular flexibility index (Phi) is 5.91. The number of nitrogens with one attached hydrogen (secondary N) is 2. The van der Waals surface area contributed by atoms with E-state index in [9.17, 15) is 18.0 Å². The first-order valence-corrected chi connectivity index (χ1v) is 6.54. The highest BCUT2D eigenvalue weighted by molar-refractivity contribution is 5.03. The third kappa shape index (κ3) is 8.46. The Morgan fingerprint density at radius 1 is 1.33 bits per heavy atom. The minimum absolute atomic E-state index is 0.120. The van der Waals surface area contributed by atoms with Crippen LogP contribution >= 0.6 is 0 Å². The van der Waals surface area contributed by atoms with Gasteiger partial charge in [0.25, 0.3) is 5.56 Å². The molecule has 0 aromatic carbocycles. The average Bonchev–Trinajstić information content (AvgIpc) is 2.30. The maximum Gasteiger partial charge on any atom is 0.411 e. The minimum Gasteiger partial charge on any atom is -0.372 e. The zero-order valence-corrected chi connectivity index (χ0v) is 12.3. The van der Waals surface area contributed by atoms with Crippen molar-refractivity contribution < 1.29 is 17.9 Å². The van der Waals surface area contributed by atoms with Crippen LogP contribution in [0.1, 0.15) is 32.3 Å². The third-order valence-corrected chi connectivity index (χ3v) is 2.39. The van der Waals surface area contributed by atoms with Gasteiger partial charge in [0.2, 0.25) is 0 Å². The van der Waals surface area contributed by atoms with Gasteiger partial charge in [-0.25, -0.2) is 4.98 Å². The number of H-pyrrole nitrogens is 1. The van der Waals surface area contributed by atoms with E-state index in [1.807, 2.05) is 20.8 Å². The first-order valence-electron chi connectivity index (χ1n) is 6.54. The number of alkyl halides is 3. The highest BCUT2D eigenvalue weighted by Gasteiger charge is 2.27. The van der Waals surface area contributed by atoms with Gasteiger partial charge >= 0.3 is 6.18 Å². The second-order valence-corrected chi connectivity index (χ2v) is 5.70. The molecule has 1 aromatic rings. The van der Waals surface area contributed by atoms with Gasteiger partial charge in [-0.2, -0.15) is 13.2 Å². The molecule has 0 radical (unpaired) electrons. The molecule has 0 bridgehead atoms. The van der Waals surface area contributed by atoms with Gasteiger partial charge in [0.1, 0.15) is 12.4 Å². The van der Waals surface area contributed by atoms with E-state index in [4.69, 9.17) is 0 Å². The van der Waals surface area contributed by atoms with Crippen LogP contribution in [0.2, 0.25) is 0 Å². The molecule has 0 saturated heterocycles. The molecule has 0 spiro atoms. The SMILES string of the molecule is CC(C)(C)NCc1cc(=O)[nH]c(CCOCC(F)(F)F)n1. The van der Waals surface area contributed by atoms with Crippen LogP contribution in [0.4, 0.5) is 13.2 Å². The highest BCUT2D eigenvalue weighted by Crippen LogP contribution is 2.14. The smallest absolute Gasteiger partial charge is 0.372 e. The minimum atomic E-state index is -4.35. The number of aromatic amines is 1. The average molecular weight is 307 g/mol. The lowest BCUT2D eigenvalue weighted by Crippen LogP contribution is -2.35. The molecular weight excluding hydrogens is 287 g/mol. The van der Waals surface area contributed by atoms with Crippen LogP contribution in [0, 0.1) is 0 Å². The fraction of sp³-hybridized carbons (Fsp3) is 0.692. The van der Waals surface area contributed by atoms with Crippen LogP contribution < -0.4 is 10.9 Å². The lowest BCUT2D eigenvalue weighted by atomic mass is 10.1. The molecule has 8 heteroatoms. The highest BCUT2D eigenvalue weighted by atomic mass is 19.4. The van der Waals surface area contributed by atoms with E-state index in [0.717, 1.165) is 0 Å². The summed E-state index contributed by atoms with van der Waals surface area (Å²) >= 11 is 0. The maximum absolute atomic E-state index is 11.9. The number of halogens is 3. The zero-order valence-electron chi connectivity index (χ0n) is 12.3. The Bertz CT molecular complexity index is 507. The lowest BCUT2D eigenvalue weighted by molar-refractivity contribution is -0.173. The van der Waals surface area contributed by atoms with Crippen LogP contribution in [-0.2, 0) is 17.7 Å². The van der Waals surface area contributed by atoms with Crippen molar-refractivity contribution >= 4 is 0 Å². The largest absolute Gasteiger partial charge is 0.411 e. The molecule has 21 heavy (non-hydrogen) atoms. The Balaban J connectivity index is 2.55. The van der Waals surface area contributed by atoms with Crippen LogP contribution in [-0.4, -0.2) is 34.9 Å². The molecule has 5 nitrogen and oxygen atoms in total. The summed E-state index contributed by atoms with van der Waals surface area (Å²) in [6.07, 6.45) is -4.23. The number of hydrogen-bond acceptors (Lipinski definition) is 4. The molecule has 0 fully saturated rings. The lowest BCUT2D eigenvalue weighted by Gasteiger charge is -2.20. The number of rotatable bonds is 6. The molecule has 0 aliphatic carbocycles. The molecule has 120 valence electrons. The van der Waals surface area contributed by atoms with Crippen LogP contribution in [0.5, 0.6) is 0 Å². The van der Waals surface area contributed by atoms with Crippen molar-refractivity contribution in [1.82, 2.24) is 15.3 Å². The molecule has 1 aromatic heterocycles. The van der Waals surface area contributed by atoms with Gasteiger partial charge in [-0.1, -0.05) is 0 Å². The number of ether oxygens (including phenoxy) is 1. The third-order valence-electron chi connectivity index (χ3n) is 2.39. The summed E-state index contributed by atoms with van der Waals surface area (Å²) in [4.78, 5) is 18.2. The van der Waals surface area contributed by atoms with Crippen molar-refractivity contribution in [3.63, 3.8) is 0 Å². The zero-order chi connectivity index (χ0) is 16.1. The Hall–Kier alpha value is -1.41. The summed E-state index contributed by atoms with van der Waals surface area (Å²) in [5.41, 5.74) is 0.0845. The van der Waals surface area contributed by atoms with Crippen molar-refractivity contribution in [3.8, 4) is 0 Å². The number of hydrogen-bond donors (Lipinski definition) is 2. The monoisotopic (exact) mass is 307 g/mol. The van der Waals surface area contributed by atoms with Crippen LogP contribution in [0.15, 0.2) is 10.9 Å². The summed E-state index contributed by atoms with van der Waals surface area (Å²) in [7, 11) is 0. The summed E-state index contributed by atoms with van der Waals surface area (Å²) in [5.74, 6) is 0.315. The van der Waals surface area contributed by atoms with Gasteiger partial charge in [0.05, 0.1) is 12.3 Å². The topological polar surface area (TPSA) is 67.0 Å². The van der Waals surface area contributed by atoms with E-state index in [-0.39, 0.29) is 24.1 Å². The Morgan fingerprint density at radius 2 is 2.00 bits per heavy atom. The van der Waals surface area contributed by atoms with Crippen molar-refractivity contribution in [2.24, 2.45) is 0 Å². The Labute approximate surface area is 120 Å². The van der Waals surface area contributed by atoms with Gasteiger partial charge in [-0.3, -0.25) is 4.79 Å². The van der Waals surface area contributed by atoms with Crippen molar-refractivity contribution in [1.29, 1.82) is 0 Å². The molecular formula is C13H20F3N3O2. The number of aromatic nitrogens is 2. The first-order chi connectivity index (χ1) is 9.55.